The number of ether oxygens (including phenoxy) is 2. The highest BCUT2D eigenvalue weighted by atomic mass is 16.5. The predicted octanol–water partition coefficient (Wildman–Crippen LogP) is 3.17. The molecule has 0 aromatic heterocycles. The minimum absolute atomic E-state index is 0.167. The van der Waals surface area contributed by atoms with Crippen molar-refractivity contribution in [2.75, 3.05) is 31.8 Å². The summed E-state index contributed by atoms with van der Waals surface area (Å²) in [5.41, 5.74) is 2.77. The number of hydrogen-bond donors (Lipinski definition) is 1. The van der Waals surface area contributed by atoms with Gasteiger partial charge in [0.05, 0.1) is 6.61 Å². The second-order valence-electron chi connectivity index (χ2n) is 6.78. The number of carbonyl (C=O) groups is 2. The molecule has 0 unspecified atom stereocenters. The van der Waals surface area contributed by atoms with E-state index < -0.39 is 0 Å². The van der Waals surface area contributed by atoms with Gasteiger partial charge in [0.2, 0.25) is 11.8 Å². The molecule has 0 radical (unpaired) electrons. The van der Waals surface area contributed by atoms with E-state index in [1.54, 1.807) is 18.1 Å². The second-order valence-corrected chi connectivity index (χ2v) is 6.78. The number of methoxy groups -OCH3 is 1. The number of carbonyl (C=O) groups excluding carboxylic acids is 2. The number of hydrogen-bond acceptors (Lipinski definition) is 4. The lowest BCUT2D eigenvalue weighted by molar-refractivity contribution is -0.117. The van der Waals surface area contributed by atoms with Gasteiger partial charge in [0, 0.05) is 38.4 Å². The van der Waals surface area contributed by atoms with Crippen molar-refractivity contribution in [3.8, 4) is 5.75 Å². The van der Waals surface area contributed by atoms with Crippen LogP contribution in [0.4, 0.5) is 5.69 Å². The quantitative estimate of drug-likeness (QED) is 0.524. The highest BCUT2D eigenvalue weighted by Crippen LogP contribution is 2.21. The molecule has 1 heterocycles. The molecule has 2 amide bonds. The first kappa shape index (κ1) is 20.6. The van der Waals surface area contributed by atoms with Crippen LogP contribution in [0.25, 0.3) is 6.08 Å². The second kappa shape index (κ2) is 10.4. The Morgan fingerprint density at radius 3 is 2.72 bits per heavy atom. The molecular weight excluding hydrogens is 368 g/mol. The van der Waals surface area contributed by atoms with E-state index in [9.17, 15) is 9.59 Å². The Morgan fingerprint density at radius 1 is 1.17 bits per heavy atom. The maximum absolute atomic E-state index is 12.1. The zero-order valence-corrected chi connectivity index (χ0v) is 16.6. The first-order valence-corrected chi connectivity index (χ1v) is 9.73. The molecule has 0 spiro atoms. The van der Waals surface area contributed by atoms with E-state index in [0.717, 1.165) is 35.5 Å². The molecule has 6 nitrogen and oxygen atoms in total. The third-order valence-corrected chi connectivity index (χ3v) is 4.63. The maximum Gasteiger partial charge on any atom is 0.244 e. The van der Waals surface area contributed by atoms with E-state index in [1.165, 1.54) is 6.08 Å². The maximum atomic E-state index is 12.1. The van der Waals surface area contributed by atoms with E-state index in [0.29, 0.717) is 26.2 Å². The summed E-state index contributed by atoms with van der Waals surface area (Å²) in [6, 6.07) is 15.2. The van der Waals surface area contributed by atoms with Crippen LogP contribution in [0.3, 0.4) is 0 Å². The van der Waals surface area contributed by atoms with Gasteiger partial charge >= 0.3 is 0 Å². The molecule has 2 aromatic carbocycles. The van der Waals surface area contributed by atoms with Crippen LogP contribution in [0.15, 0.2) is 54.6 Å². The van der Waals surface area contributed by atoms with Crippen molar-refractivity contribution in [1.29, 1.82) is 0 Å². The van der Waals surface area contributed by atoms with Gasteiger partial charge in [-0.25, -0.2) is 0 Å². The molecule has 1 aliphatic heterocycles. The molecule has 0 atom stereocenters. The first-order chi connectivity index (χ1) is 14.2. The predicted molar refractivity (Wildman–Crippen MR) is 113 cm³/mol. The van der Waals surface area contributed by atoms with Gasteiger partial charge in [-0.05, 0) is 47.9 Å². The normalized spacial score (nSPS) is 13.8. The van der Waals surface area contributed by atoms with Crippen LogP contribution < -0.4 is 15.0 Å². The number of anilines is 1. The molecule has 0 aliphatic carbocycles. The molecule has 1 saturated heterocycles. The largest absolute Gasteiger partial charge is 0.491 e. The van der Waals surface area contributed by atoms with Crippen molar-refractivity contribution in [3.05, 3.63) is 65.7 Å². The average Bonchev–Trinajstić information content (AvgIpc) is 3.17. The van der Waals surface area contributed by atoms with Gasteiger partial charge < -0.3 is 19.7 Å². The fraction of sp³-hybridized carbons (Fsp3) is 0.304. The molecule has 1 N–H and O–H groups in total. The molecule has 6 heteroatoms. The van der Waals surface area contributed by atoms with Gasteiger partial charge in [0.15, 0.2) is 0 Å². The lowest BCUT2D eigenvalue weighted by atomic mass is 10.2. The van der Waals surface area contributed by atoms with Crippen molar-refractivity contribution in [2.45, 2.75) is 19.4 Å². The lowest BCUT2D eigenvalue weighted by Gasteiger charge is -2.15. The minimum atomic E-state index is -0.172. The number of nitrogens with zero attached hydrogens (tertiary/aromatic N) is 1. The smallest absolute Gasteiger partial charge is 0.244 e. The number of benzene rings is 2. The van der Waals surface area contributed by atoms with E-state index in [4.69, 9.17) is 9.47 Å². The molecule has 0 saturated carbocycles. The van der Waals surface area contributed by atoms with Gasteiger partial charge in [-0.3, -0.25) is 9.59 Å². The average molecular weight is 394 g/mol. The highest BCUT2D eigenvalue weighted by molar-refractivity contribution is 5.95. The van der Waals surface area contributed by atoms with Gasteiger partial charge in [0.1, 0.15) is 12.4 Å². The minimum Gasteiger partial charge on any atom is -0.491 e. The summed E-state index contributed by atoms with van der Waals surface area (Å²) in [7, 11) is 1.63. The van der Waals surface area contributed by atoms with E-state index in [-0.39, 0.29) is 11.8 Å². The SMILES string of the molecule is COCCOc1cccc(CNC(=O)/C=C/c2ccc(N3CCCC3=O)cc2)c1. The Balaban J connectivity index is 1.48. The molecule has 152 valence electrons. The van der Waals surface area contributed by atoms with Gasteiger partial charge in [-0.2, -0.15) is 0 Å². The molecule has 3 rings (SSSR count). The van der Waals surface area contributed by atoms with Crippen LogP contribution in [-0.4, -0.2) is 38.7 Å². The standard InChI is InChI=1S/C23H26N2O4/c1-28-14-15-29-21-5-2-4-19(16-21)17-24-22(26)12-9-18-7-10-20(11-8-18)25-13-3-6-23(25)27/h2,4-5,7-12,16H,3,6,13-15,17H2,1H3,(H,24,26)/b12-9+. The van der Waals surface area contributed by atoms with Crippen LogP contribution in [0.2, 0.25) is 0 Å². The van der Waals surface area contributed by atoms with E-state index >= 15 is 0 Å². The van der Waals surface area contributed by atoms with Crippen LogP contribution in [-0.2, 0) is 20.9 Å². The summed E-state index contributed by atoms with van der Waals surface area (Å²) >= 11 is 0. The monoisotopic (exact) mass is 394 g/mol. The van der Waals surface area contributed by atoms with Crippen molar-refractivity contribution < 1.29 is 19.1 Å². The Morgan fingerprint density at radius 2 is 2.00 bits per heavy atom. The summed E-state index contributed by atoms with van der Waals surface area (Å²) < 4.78 is 10.5. The van der Waals surface area contributed by atoms with Crippen LogP contribution >= 0.6 is 0 Å². The topological polar surface area (TPSA) is 67.9 Å². The van der Waals surface area contributed by atoms with Gasteiger partial charge in [-0.1, -0.05) is 24.3 Å². The van der Waals surface area contributed by atoms with Crippen molar-refractivity contribution in [1.82, 2.24) is 5.32 Å². The third-order valence-electron chi connectivity index (χ3n) is 4.63. The molecule has 2 aromatic rings. The zero-order valence-electron chi connectivity index (χ0n) is 16.6. The van der Waals surface area contributed by atoms with E-state index in [2.05, 4.69) is 5.32 Å². The Kier molecular flexibility index (Phi) is 7.41. The third kappa shape index (κ3) is 6.19. The van der Waals surface area contributed by atoms with Crippen LogP contribution in [0.1, 0.15) is 24.0 Å². The van der Waals surface area contributed by atoms with Crippen molar-refractivity contribution >= 4 is 23.6 Å². The van der Waals surface area contributed by atoms with E-state index in [1.807, 2.05) is 48.5 Å². The Labute approximate surface area is 171 Å². The summed E-state index contributed by atoms with van der Waals surface area (Å²) in [4.78, 5) is 25.7. The molecule has 29 heavy (non-hydrogen) atoms. The molecule has 1 aliphatic rings. The number of amides is 2. The van der Waals surface area contributed by atoms with Gasteiger partial charge in [-0.15, -0.1) is 0 Å². The Bertz CT molecular complexity index is 861. The fourth-order valence-electron chi connectivity index (χ4n) is 3.09. The summed E-state index contributed by atoms with van der Waals surface area (Å²) in [6.07, 6.45) is 4.79. The lowest BCUT2D eigenvalue weighted by Crippen LogP contribution is -2.23. The zero-order chi connectivity index (χ0) is 20.5. The van der Waals surface area contributed by atoms with Crippen LogP contribution in [0.5, 0.6) is 5.75 Å². The molecular formula is C23H26N2O4. The number of rotatable bonds is 9. The number of nitrogens with one attached hydrogen (secondary N) is 1. The molecule has 0 bridgehead atoms. The summed E-state index contributed by atoms with van der Waals surface area (Å²) in [5, 5.41) is 2.87. The summed E-state index contributed by atoms with van der Waals surface area (Å²) in [5.74, 6) is 0.747. The first-order valence-electron chi connectivity index (χ1n) is 9.73. The highest BCUT2D eigenvalue weighted by Gasteiger charge is 2.21. The van der Waals surface area contributed by atoms with Crippen molar-refractivity contribution in [3.63, 3.8) is 0 Å². The molecule has 1 fully saturated rings. The fourth-order valence-corrected chi connectivity index (χ4v) is 3.09. The van der Waals surface area contributed by atoms with Crippen LogP contribution in [0, 0.1) is 0 Å². The Hall–Kier alpha value is -3.12. The summed E-state index contributed by atoms with van der Waals surface area (Å²) in [6.45, 7) is 2.20. The van der Waals surface area contributed by atoms with Crippen molar-refractivity contribution in [2.24, 2.45) is 0 Å². The van der Waals surface area contributed by atoms with Gasteiger partial charge in [0.25, 0.3) is 0 Å².